The van der Waals surface area contributed by atoms with Gasteiger partial charge in [-0.15, -0.1) is 10.2 Å². The van der Waals surface area contributed by atoms with Crippen LogP contribution in [0.25, 0.3) is 11.5 Å². The summed E-state index contributed by atoms with van der Waals surface area (Å²) in [6.07, 6.45) is 5.48. The molecule has 2 aromatic rings. The molecule has 0 aliphatic heterocycles. The van der Waals surface area contributed by atoms with Crippen molar-refractivity contribution in [1.82, 2.24) is 15.1 Å². The van der Waals surface area contributed by atoms with Crippen LogP contribution in [0.2, 0.25) is 5.02 Å². The Balaban J connectivity index is 1.75. The second kappa shape index (κ2) is 8.00. The summed E-state index contributed by atoms with van der Waals surface area (Å²) in [6.45, 7) is 4.38. The van der Waals surface area contributed by atoms with Crippen LogP contribution in [0.5, 0.6) is 0 Å². The number of rotatable bonds is 5. The molecule has 1 aromatic heterocycles. The predicted molar refractivity (Wildman–Crippen MR) is 97.0 cm³/mol. The van der Waals surface area contributed by atoms with Crippen LogP contribution < -0.4 is 0 Å². The first-order valence-electron chi connectivity index (χ1n) is 8.94. The van der Waals surface area contributed by atoms with Crippen LogP contribution in [-0.2, 0) is 11.3 Å². The third-order valence-electron chi connectivity index (χ3n) is 4.74. The fourth-order valence-electron chi connectivity index (χ4n) is 3.31. The molecule has 0 bridgehead atoms. The Morgan fingerprint density at radius 1 is 1.24 bits per heavy atom. The zero-order valence-corrected chi connectivity index (χ0v) is 15.5. The molecule has 1 aromatic carbocycles. The van der Waals surface area contributed by atoms with Crippen molar-refractivity contribution in [2.24, 2.45) is 5.92 Å². The van der Waals surface area contributed by atoms with E-state index in [-0.39, 0.29) is 17.9 Å². The number of nitrogens with zero attached hydrogens (tertiary/aromatic N) is 3. The Hall–Kier alpha value is -1.88. The predicted octanol–water partition coefficient (Wildman–Crippen LogP) is 4.71. The molecule has 1 aliphatic carbocycles. The number of benzene rings is 1. The quantitative estimate of drug-likeness (QED) is 0.773. The highest BCUT2D eigenvalue weighted by atomic mass is 35.5. The molecule has 5 nitrogen and oxygen atoms in total. The average molecular weight is 362 g/mol. The topological polar surface area (TPSA) is 59.2 Å². The van der Waals surface area contributed by atoms with Crippen LogP contribution in [-0.4, -0.2) is 27.0 Å². The van der Waals surface area contributed by atoms with E-state index in [1.165, 1.54) is 6.42 Å². The first-order chi connectivity index (χ1) is 12.1. The molecule has 0 radical (unpaired) electrons. The highest BCUT2D eigenvalue weighted by molar-refractivity contribution is 6.33. The number of carbonyl (C=O) groups is 1. The second-order valence-electron chi connectivity index (χ2n) is 6.88. The van der Waals surface area contributed by atoms with Crippen LogP contribution in [0.1, 0.15) is 51.8 Å². The van der Waals surface area contributed by atoms with Crippen molar-refractivity contribution >= 4 is 17.5 Å². The number of hydrogen-bond acceptors (Lipinski definition) is 4. The molecule has 1 fully saturated rings. The fraction of sp³-hybridized carbons (Fsp3) is 0.526. The Labute approximate surface area is 153 Å². The van der Waals surface area contributed by atoms with Crippen LogP contribution >= 0.6 is 11.6 Å². The molecule has 0 unspecified atom stereocenters. The molecular weight excluding hydrogens is 338 g/mol. The monoisotopic (exact) mass is 361 g/mol. The van der Waals surface area contributed by atoms with Crippen LogP contribution in [0.3, 0.4) is 0 Å². The van der Waals surface area contributed by atoms with Crippen molar-refractivity contribution in [3.63, 3.8) is 0 Å². The van der Waals surface area contributed by atoms with Crippen molar-refractivity contribution in [1.29, 1.82) is 0 Å². The molecule has 0 saturated heterocycles. The highest BCUT2D eigenvalue weighted by Crippen LogP contribution is 2.28. The number of amides is 1. The lowest BCUT2D eigenvalue weighted by Gasteiger charge is -2.31. The first-order valence-corrected chi connectivity index (χ1v) is 9.32. The lowest BCUT2D eigenvalue weighted by molar-refractivity contribution is -0.139. The van der Waals surface area contributed by atoms with Gasteiger partial charge in [0.15, 0.2) is 0 Å². The third kappa shape index (κ3) is 4.21. The first kappa shape index (κ1) is 17.9. The summed E-state index contributed by atoms with van der Waals surface area (Å²) in [7, 11) is 0. The summed E-state index contributed by atoms with van der Waals surface area (Å²) in [5, 5.41) is 8.77. The lowest BCUT2D eigenvalue weighted by atomic mass is 9.88. The van der Waals surface area contributed by atoms with Gasteiger partial charge >= 0.3 is 0 Å². The van der Waals surface area contributed by atoms with Gasteiger partial charge in [0.1, 0.15) is 0 Å². The number of hydrogen-bond donors (Lipinski definition) is 0. The summed E-state index contributed by atoms with van der Waals surface area (Å²) in [5.41, 5.74) is 0.706. The van der Waals surface area contributed by atoms with Gasteiger partial charge in [-0.3, -0.25) is 4.79 Å². The van der Waals surface area contributed by atoms with Gasteiger partial charge in [-0.2, -0.15) is 0 Å². The van der Waals surface area contributed by atoms with Gasteiger partial charge in [0.25, 0.3) is 0 Å². The van der Waals surface area contributed by atoms with E-state index >= 15 is 0 Å². The van der Waals surface area contributed by atoms with Gasteiger partial charge in [0.2, 0.25) is 17.7 Å². The fourth-order valence-corrected chi connectivity index (χ4v) is 3.52. The normalized spacial score (nSPS) is 15.5. The van der Waals surface area contributed by atoms with E-state index in [1.54, 1.807) is 6.07 Å². The van der Waals surface area contributed by atoms with Crippen LogP contribution in [0.4, 0.5) is 0 Å². The van der Waals surface area contributed by atoms with Gasteiger partial charge in [-0.25, -0.2) is 0 Å². The van der Waals surface area contributed by atoms with E-state index in [9.17, 15) is 4.79 Å². The number of aromatic nitrogens is 2. The molecule has 134 valence electrons. The minimum Gasteiger partial charge on any atom is -0.419 e. The Kier molecular flexibility index (Phi) is 5.74. The van der Waals surface area contributed by atoms with Crippen molar-refractivity contribution < 1.29 is 9.21 Å². The number of carbonyl (C=O) groups excluding carboxylic acids is 1. The third-order valence-corrected chi connectivity index (χ3v) is 5.07. The van der Waals surface area contributed by atoms with Gasteiger partial charge in [-0.1, -0.05) is 43.0 Å². The van der Waals surface area contributed by atoms with Crippen LogP contribution in [0, 0.1) is 5.92 Å². The molecule has 0 N–H and O–H groups in total. The number of halogens is 1. The molecule has 0 atom stereocenters. The van der Waals surface area contributed by atoms with E-state index in [2.05, 4.69) is 10.2 Å². The molecule has 1 amide bonds. The SMILES string of the molecule is CC(C)N(Cc1nnc(-c2ccccc2Cl)o1)C(=O)C1CCCCC1. The Morgan fingerprint density at radius 2 is 1.96 bits per heavy atom. The van der Waals surface area contributed by atoms with Gasteiger partial charge in [-0.05, 0) is 38.8 Å². The van der Waals surface area contributed by atoms with E-state index < -0.39 is 0 Å². The molecular formula is C19H24ClN3O2. The van der Waals surface area contributed by atoms with Crippen molar-refractivity contribution in [2.75, 3.05) is 0 Å². The molecule has 25 heavy (non-hydrogen) atoms. The maximum atomic E-state index is 12.9. The molecule has 1 aliphatic rings. The van der Waals surface area contributed by atoms with E-state index in [1.807, 2.05) is 36.9 Å². The van der Waals surface area contributed by atoms with Crippen LogP contribution in [0.15, 0.2) is 28.7 Å². The van der Waals surface area contributed by atoms with Gasteiger partial charge in [0.05, 0.1) is 17.1 Å². The highest BCUT2D eigenvalue weighted by Gasteiger charge is 2.28. The Bertz CT molecular complexity index is 723. The smallest absolute Gasteiger partial charge is 0.249 e. The van der Waals surface area contributed by atoms with Crippen molar-refractivity contribution in [3.05, 3.63) is 35.2 Å². The standard InChI is InChI=1S/C19H24ClN3O2/c1-13(2)23(19(24)14-8-4-3-5-9-14)12-17-21-22-18(25-17)15-10-6-7-11-16(15)20/h6-7,10-11,13-14H,3-5,8-9,12H2,1-2H3. The Morgan fingerprint density at radius 3 is 2.64 bits per heavy atom. The van der Waals surface area contributed by atoms with Gasteiger partial charge in [0, 0.05) is 12.0 Å². The summed E-state index contributed by atoms with van der Waals surface area (Å²) < 4.78 is 5.77. The van der Waals surface area contributed by atoms with Crippen molar-refractivity contribution in [2.45, 2.75) is 58.5 Å². The zero-order chi connectivity index (χ0) is 17.8. The summed E-state index contributed by atoms with van der Waals surface area (Å²) in [5.74, 6) is 1.15. The maximum Gasteiger partial charge on any atom is 0.249 e. The average Bonchev–Trinajstić information content (AvgIpc) is 3.08. The molecule has 1 saturated carbocycles. The van der Waals surface area contributed by atoms with E-state index in [0.29, 0.717) is 28.9 Å². The second-order valence-corrected chi connectivity index (χ2v) is 7.28. The van der Waals surface area contributed by atoms with Gasteiger partial charge < -0.3 is 9.32 Å². The maximum absolute atomic E-state index is 12.9. The minimum absolute atomic E-state index is 0.0880. The summed E-state index contributed by atoms with van der Waals surface area (Å²) in [6, 6.07) is 7.44. The van der Waals surface area contributed by atoms with E-state index in [0.717, 1.165) is 25.7 Å². The molecule has 6 heteroatoms. The molecule has 1 heterocycles. The largest absolute Gasteiger partial charge is 0.419 e. The summed E-state index contributed by atoms with van der Waals surface area (Å²) in [4.78, 5) is 14.7. The van der Waals surface area contributed by atoms with Crippen molar-refractivity contribution in [3.8, 4) is 11.5 Å². The molecule has 0 spiro atoms. The summed E-state index contributed by atoms with van der Waals surface area (Å²) >= 11 is 6.18. The zero-order valence-electron chi connectivity index (χ0n) is 14.7. The minimum atomic E-state index is 0.0880. The lowest BCUT2D eigenvalue weighted by Crippen LogP contribution is -2.41. The molecule has 3 rings (SSSR count). The van der Waals surface area contributed by atoms with E-state index in [4.69, 9.17) is 16.0 Å².